The second-order valence-electron chi connectivity index (χ2n) is 3.23. The summed E-state index contributed by atoms with van der Waals surface area (Å²) in [5.74, 6) is 0.715. The van der Waals surface area contributed by atoms with Gasteiger partial charge in [0.05, 0.1) is 0 Å². The summed E-state index contributed by atoms with van der Waals surface area (Å²) in [6, 6.07) is 0.0520. The maximum atomic E-state index is 5.83. The first-order valence-corrected chi connectivity index (χ1v) is 4.40. The van der Waals surface area contributed by atoms with Crippen molar-refractivity contribution in [3.8, 4) is 0 Å². The van der Waals surface area contributed by atoms with Gasteiger partial charge in [0.25, 0.3) is 0 Å². The number of hydrogen-bond donors (Lipinski definition) is 1. The molecular weight excluding hydrogens is 164 g/mol. The number of nitrogens with two attached hydrogens (primary N) is 1. The third kappa shape index (κ3) is 2.39. The highest BCUT2D eigenvalue weighted by Gasteiger charge is 2.04. The molecule has 1 unspecified atom stereocenters. The average molecular weight is 180 g/mol. The van der Waals surface area contributed by atoms with Gasteiger partial charge in [-0.05, 0) is 6.42 Å². The van der Waals surface area contributed by atoms with Crippen LogP contribution in [0.1, 0.15) is 24.9 Å². The number of rotatable bonds is 3. The molecule has 72 valence electrons. The number of nitrogens with zero attached hydrogens (tertiary/aromatic N) is 3. The molecule has 1 heterocycles. The van der Waals surface area contributed by atoms with Gasteiger partial charge in [-0.1, -0.05) is 6.92 Å². The Kier molecular flexibility index (Phi) is 3.19. The Morgan fingerprint density at radius 1 is 1.38 bits per heavy atom. The number of aromatic nitrogens is 2. The highest BCUT2D eigenvalue weighted by Crippen LogP contribution is 2.12. The average Bonchev–Trinajstić information content (AvgIpc) is 2.17. The molecule has 0 radical (unpaired) electrons. The number of hydrogen-bond acceptors (Lipinski definition) is 4. The molecule has 1 rings (SSSR count). The maximum absolute atomic E-state index is 5.83. The topological polar surface area (TPSA) is 55.0 Å². The monoisotopic (exact) mass is 180 g/mol. The lowest BCUT2D eigenvalue weighted by Crippen LogP contribution is -2.14. The van der Waals surface area contributed by atoms with Gasteiger partial charge >= 0.3 is 0 Å². The first-order valence-electron chi connectivity index (χ1n) is 4.40. The number of anilines is 1. The van der Waals surface area contributed by atoms with E-state index in [1.54, 1.807) is 12.4 Å². The van der Waals surface area contributed by atoms with Crippen molar-refractivity contribution in [1.82, 2.24) is 9.97 Å². The molecule has 4 heteroatoms. The Labute approximate surface area is 78.8 Å². The summed E-state index contributed by atoms with van der Waals surface area (Å²) >= 11 is 0. The largest absolute Gasteiger partial charge is 0.347 e. The predicted octanol–water partition coefficient (Wildman–Crippen LogP) is 0.952. The van der Waals surface area contributed by atoms with Crippen LogP contribution in [0, 0.1) is 0 Å². The quantitative estimate of drug-likeness (QED) is 0.752. The summed E-state index contributed by atoms with van der Waals surface area (Å²) in [5, 5.41) is 0. The minimum Gasteiger partial charge on any atom is -0.347 e. The van der Waals surface area contributed by atoms with Crippen molar-refractivity contribution in [3.63, 3.8) is 0 Å². The Hall–Kier alpha value is -1.16. The third-order valence-corrected chi connectivity index (χ3v) is 1.93. The molecule has 0 aliphatic carbocycles. The second-order valence-corrected chi connectivity index (χ2v) is 3.23. The van der Waals surface area contributed by atoms with Crippen LogP contribution < -0.4 is 10.6 Å². The summed E-state index contributed by atoms with van der Waals surface area (Å²) in [4.78, 5) is 10.2. The van der Waals surface area contributed by atoms with E-state index < -0.39 is 0 Å². The van der Waals surface area contributed by atoms with E-state index in [0.717, 1.165) is 12.0 Å². The van der Waals surface area contributed by atoms with Gasteiger partial charge in [-0.2, -0.15) is 0 Å². The predicted molar refractivity (Wildman–Crippen MR) is 53.6 cm³/mol. The van der Waals surface area contributed by atoms with Gasteiger partial charge in [-0.15, -0.1) is 0 Å². The summed E-state index contributed by atoms with van der Waals surface area (Å²) in [5.41, 5.74) is 6.82. The van der Waals surface area contributed by atoms with Crippen LogP contribution in [-0.2, 0) is 0 Å². The highest BCUT2D eigenvalue weighted by atomic mass is 15.2. The van der Waals surface area contributed by atoms with Crippen LogP contribution in [0.25, 0.3) is 0 Å². The molecule has 0 aliphatic heterocycles. The molecule has 1 atom stereocenters. The molecule has 0 aromatic carbocycles. The van der Waals surface area contributed by atoms with Crippen LogP contribution in [-0.4, -0.2) is 24.1 Å². The van der Waals surface area contributed by atoms with Gasteiger partial charge in [0.2, 0.25) is 5.95 Å². The minimum atomic E-state index is 0.0520. The summed E-state index contributed by atoms with van der Waals surface area (Å²) in [6.45, 7) is 2.05. The van der Waals surface area contributed by atoms with E-state index in [1.807, 2.05) is 25.9 Å². The minimum absolute atomic E-state index is 0.0520. The molecule has 0 spiro atoms. The van der Waals surface area contributed by atoms with E-state index in [2.05, 4.69) is 9.97 Å². The smallest absolute Gasteiger partial charge is 0.224 e. The zero-order valence-corrected chi connectivity index (χ0v) is 8.36. The lowest BCUT2D eigenvalue weighted by atomic mass is 10.1. The van der Waals surface area contributed by atoms with E-state index in [0.29, 0.717) is 5.95 Å². The van der Waals surface area contributed by atoms with Crippen molar-refractivity contribution in [2.75, 3.05) is 19.0 Å². The van der Waals surface area contributed by atoms with E-state index in [9.17, 15) is 0 Å². The maximum Gasteiger partial charge on any atom is 0.224 e. The fourth-order valence-corrected chi connectivity index (χ4v) is 0.989. The molecule has 0 aliphatic rings. The molecule has 0 bridgehead atoms. The first-order chi connectivity index (χ1) is 6.15. The van der Waals surface area contributed by atoms with Gasteiger partial charge in [-0.3, -0.25) is 0 Å². The Bertz CT molecular complexity index is 255. The van der Waals surface area contributed by atoms with E-state index in [1.165, 1.54) is 0 Å². The van der Waals surface area contributed by atoms with Crippen molar-refractivity contribution in [3.05, 3.63) is 18.0 Å². The van der Waals surface area contributed by atoms with Gasteiger partial charge in [-0.25, -0.2) is 9.97 Å². The van der Waals surface area contributed by atoms with Crippen LogP contribution >= 0.6 is 0 Å². The van der Waals surface area contributed by atoms with Crippen LogP contribution in [0.4, 0.5) is 5.95 Å². The van der Waals surface area contributed by atoms with E-state index in [-0.39, 0.29) is 6.04 Å². The Morgan fingerprint density at radius 2 is 1.92 bits per heavy atom. The molecule has 2 N–H and O–H groups in total. The fourth-order valence-electron chi connectivity index (χ4n) is 0.989. The van der Waals surface area contributed by atoms with Crippen LogP contribution in [0.15, 0.2) is 12.4 Å². The molecule has 13 heavy (non-hydrogen) atoms. The molecule has 4 nitrogen and oxygen atoms in total. The summed E-state index contributed by atoms with van der Waals surface area (Å²) in [6.07, 6.45) is 4.48. The van der Waals surface area contributed by atoms with Crippen LogP contribution in [0.5, 0.6) is 0 Å². The van der Waals surface area contributed by atoms with Crippen molar-refractivity contribution >= 4 is 5.95 Å². The van der Waals surface area contributed by atoms with Gasteiger partial charge in [0, 0.05) is 38.1 Å². The van der Waals surface area contributed by atoms with Crippen LogP contribution in [0.3, 0.4) is 0 Å². The molecular formula is C9H16N4. The lowest BCUT2D eigenvalue weighted by Gasteiger charge is -2.12. The molecule has 0 saturated heterocycles. The molecule has 1 aromatic heterocycles. The van der Waals surface area contributed by atoms with Crippen molar-refractivity contribution in [1.29, 1.82) is 0 Å². The normalized spacial score (nSPS) is 12.6. The zero-order chi connectivity index (χ0) is 9.84. The Morgan fingerprint density at radius 3 is 2.31 bits per heavy atom. The molecule has 1 aromatic rings. The SMILES string of the molecule is CCC(N)c1cnc(N(C)C)nc1. The van der Waals surface area contributed by atoms with E-state index >= 15 is 0 Å². The highest BCUT2D eigenvalue weighted by molar-refractivity contribution is 5.27. The first kappa shape index (κ1) is 9.92. The molecule has 0 saturated carbocycles. The molecule has 0 fully saturated rings. The van der Waals surface area contributed by atoms with Gasteiger partial charge < -0.3 is 10.6 Å². The second kappa shape index (κ2) is 4.18. The Balaban J connectivity index is 2.81. The third-order valence-electron chi connectivity index (χ3n) is 1.93. The summed E-state index contributed by atoms with van der Waals surface area (Å²) < 4.78 is 0. The van der Waals surface area contributed by atoms with Gasteiger partial charge in [0.15, 0.2) is 0 Å². The molecule has 0 amide bonds. The lowest BCUT2D eigenvalue weighted by molar-refractivity contribution is 0.690. The van der Waals surface area contributed by atoms with Gasteiger partial charge in [0.1, 0.15) is 0 Å². The van der Waals surface area contributed by atoms with Crippen LogP contribution in [0.2, 0.25) is 0 Å². The van der Waals surface area contributed by atoms with Crippen molar-refractivity contribution in [2.24, 2.45) is 5.73 Å². The fraction of sp³-hybridized carbons (Fsp3) is 0.556. The van der Waals surface area contributed by atoms with Crippen molar-refractivity contribution in [2.45, 2.75) is 19.4 Å². The summed E-state index contributed by atoms with van der Waals surface area (Å²) in [7, 11) is 3.82. The van der Waals surface area contributed by atoms with Crippen molar-refractivity contribution < 1.29 is 0 Å². The van der Waals surface area contributed by atoms with E-state index in [4.69, 9.17) is 5.73 Å². The zero-order valence-electron chi connectivity index (χ0n) is 8.36. The standard InChI is InChI=1S/C9H16N4/c1-4-8(10)7-5-11-9(12-6-7)13(2)3/h5-6,8H,4,10H2,1-3H3.